The number of carbonyl (C=O) groups is 2. The van der Waals surface area contributed by atoms with Gasteiger partial charge in [-0.25, -0.2) is 0 Å². The van der Waals surface area contributed by atoms with Gasteiger partial charge in [0.2, 0.25) is 5.91 Å². The van der Waals surface area contributed by atoms with Gasteiger partial charge in [-0.05, 0) is 55.3 Å². The number of alkyl halides is 3. The number of carbonyl (C=O) groups excluding carboxylic acids is 2. The number of hydrogen-bond acceptors (Lipinski definition) is 4. The van der Waals surface area contributed by atoms with E-state index in [2.05, 4.69) is 12.6 Å². The maximum atomic E-state index is 14.6. The average molecular weight is 541 g/mol. The van der Waals surface area contributed by atoms with Crippen LogP contribution in [0.5, 0.6) is 0 Å². The Kier molecular flexibility index (Phi) is 5.80. The minimum absolute atomic E-state index is 0.0293. The van der Waals surface area contributed by atoms with Gasteiger partial charge in [0, 0.05) is 53.6 Å². The minimum Gasteiger partial charge on any atom is -0.309 e. The van der Waals surface area contributed by atoms with Crippen molar-refractivity contribution in [1.82, 2.24) is 4.57 Å². The van der Waals surface area contributed by atoms with E-state index in [1.807, 2.05) is 0 Å². The van der Waals surface area contributed by atoms with Gasteiger partial charge in [-0.2, -0.15) is 18.4 Å². The molecule has 2 aromatic carbocycles. The zero-order valence-electron chi connectivity index (χ0n) is 21.3. The fraction of sp³-hybridized carbons (Fsp3) is 0.194. The summed E-state index contributed by atoms with van der Waals surface area (Å²) in [6.07, 6.45) is 1.56. The van der Waals surface area contributed by atoms with Crippen LogP contribution in [0.3, 0.4) is 0 Å². The van der Waals surface area contributed by atoms with E-state index in [0.717, 1.165) is 12.1 Å². The Morgan fingerprint density at radius 2 is 1.70 bits per heavy atom. The predicted octanol–water partition coefficient (Wildman–Crippen LogP) is 6.20. The molecule has 3 aliphatic rings. The second-order valence-electron chi connectivity index (χ2n) is 9.85. The van der Waals surface area contributed by atoms with Crippen LogP contribution in [0.2, 0.25) is 0 Å². The molecule has 0 bridgehead atoms. The number of aromatic nitrogens is 1. The number of amides is 1. The van der Waals surface area contributed by atoms with Gasteiger partial charge in [0.25, 0.3) is 0 Å². The number of anilines is 2. The van der Waals surface area contributed by atoms with E-state index < -0.39 is 23.1 Å². The maximum Gasteiger partial charge on any atom is 0.416 e. The molecule has 1 amide bonds. The van der Waals surface area contributed by atoms with Gasteiger partial charge in [-0.15, -0.1) is 6.58 Å². The summed E-state index contributed by atoms with van der Waals surface area (Å²) >= 11 is 0. The second-order valence-corrected chi connectivity index (χ2v) is 9.85. The number of ketones is 1. The zero-order chi connectivity index (χ0) is 28.2. The van der Waals surface area contributed by atoms with Crippen molar-refractivity contribution < 1.29 is 22.8 Å². The highest BCUT2D eigenvalue weighted by molar-refractivity contribution is 6.22. The number of allylic oxidation sites excluding steroid dienone is 1. The van der Waals surface area contributed by atoms with Crippen molar-refractivity contribution in [2.45, 2.75) is 30.9 Å². The standard InChI is InChI=1S/C31H23F3N4O2/c1-2-16-37-24-9-4-3-8-22(24)30(29(37)40)23(19-35)28(36-17-5-6-18-36)38(25-10-7-11-26(39)27(25)30)21-14-12-20(13-15-21)31(32,33)34/h2-6,8-9,12-15,17-18H,1,7,10-11,16H2. The van der Waals surface area contributed by atoms with Crippen LogP contribution in [0.25, 0.3) is 5.82 Å². The molecule has 0 saturated heterocycles. The molecule has 200 valence electrons. The highest BCUT2D eigenvalue weighted by Crippen LogP contribution is 2.58. The molecule has 0 N–H and O–H groups in total. The molecule has 9 heteroatoms. The molecule has 6 rings (SSSR count). The van der Waals surface area contributed by atoms with Crippen molar-refractivity contribution in [1.29, 1.82) is 5.26 Å². The SMILES string of the molecule is C=CCN1C(=O)C2(C(C#N)=C(n3cccc3)N(c3ccc(C(F)(F)F)cc3)C3=C2C(=O)CCC3)c2ccccc21. The molecule has 40 heavy (non-hydrogen) atoms. The largest absolute Gasteiger partial charge is 0.416 e. The van der Waals surface area contributed by atoms with E-state index in [4.69, 9.17) is 0 Å². The van der Waals surface area contributed by atoms with Crippen LogP contribution in [0.15, 0.2) is 103 Å². The highest BCUT2D eigenvalue weighted by atomic mass is 19.4. The molecule has 1 unspecified atom stereocenters. The molecule has 3 aromatic rings. The Balaban J connectivity index is 1.73. The summed E-state index contributed by atoms with van der Waals surface area (Å²) in [5.74, 6) is -0.394. The molecule has 1 atom stereocenters. The summed E-state index contributed by atoms with van der Waals surface area (Å²) in [5.41, 5.74) is -0.325. The van der Waals surface area contributed by atoms with Gasteiger partial charge in [0.05, 0.1) is 11.1 Å². The van der Waals surface area contributed by atoms with Crippen LogP contribution in [0.4, 0.5) is 24.5 Å². The highest BCUT2D eigenvalue weighted by Gasteiger charge is 2.62. The first-order valence-electron chi connectivity index (χ1n) is 12.8. The first-order valence-corrected chi connectivity index (χ1v) is 12.8. The molecule has 1 aliphatic carbocycles. The summed E-state index contributed by atoms with van der Waals surface area (Å²) in [4.78, 5) is 31.6. The first kappa shape index (κ1) is 25.4. The third-order valence-electron chi connectivity index (χ3n) is 7.73. The molecular weight excluding hydrogens is 517 g/mol. The van der Waals surface area contributed by atoms with Crippen molar-refractivity contribution in [3.63, 3.8) is 0 Å². The summed E-state index contributed by atoms with van der Waals surface area (Å²) < 4.78 is 41.9. The van der Waals surface area contributed by atoms with Crippen LogP contribution in [0.1, 0.15) is 30.4 Å². The number of nitrogens with zero attached hydrogens (tertiary/aromatic N) is 4. The Morgan fingerprint density at radius 1 is 1.00 bits per heavy atom. The number of hydrogen-bond donors (Lipinski definition) is 0. The van der Waals surface area contributed by atoms with Crippen LogP contribution in [-0.4, -0.2) is 22.8 Å². The smallest absolute Gasteiger partial charge is 0.309 e. The second kappa shape index (κ2) is 9.12. The van der Waals surface area contributed by atoms with Gasteiger partial charge < -0.3 is 9.47 Å². The van der Waals surface area contributed by atoms with E-state index in [9.17, 15) is 28.0 Å². The van der Waals surface area contributed by atoms with Crippen molar-refractivity contribution in [3.05, 3.63) is 114 Å². The van der Waals surface area contributed by atoms with E-state index in [1.165, 1.54) is 17.0 Å². The summed E-state index contributed by atoms with van der Waals surface area (Å²) in [6.45, 7) is 3.97. The number of fused-ring (bicyclic) bond motifs is 3. The third-order valence-corrected chi connectivity index (χ3v) is 7.73. The zero-order valence-corrected chi connectivity index (χ0v) is 21.3. The number of para-hydroxylation sites is 1. The number of halogens is 3. The fourth-order valence-electron chi connectivity index (χ4n) is 6.19. The Hall–Kier alpha value is -4.84. The monoisotopic (exact) mass is 540 g/mol. The van der Waals surface area contributed by atoms with Gasteiger partial charge >= 0.3 is 6.18 Å². The summed E-state index contributed by atoms with van der Waals surface area (Å²) in [7, 11) is 0. The van der Waals surface area contributed by atoms with Crippen LogP contribution >= 0.6 is 0 Å². The fourth-order valence-corrected chi connectivity index (χ4v) is 6.19. The molecule has 0 saturated carbocycles. The van der Waals surface area contributed by atoms with Crippen LogP contribution < -0.4 is 9.80 Å². The Morgan fingerprint density at radius 3 is 2.35 bits per heavy atom. The van der Waals surface area contributed by atoms with Crippen molar-refractivity contribution in [2.24, 2.45) is 0 Å². The molecular formula is C31H23F3N4O2. The van der Waals surface area contributed by atoms with E-state index in [0.29, 0.717) is 41.3 Å². The Labute approximate surface area is 228 Å². The number of rotatable bonds is 4. The minimum atomic E-state index is -4.53. The normalized spacial score (nSPS) is 20.6. The lowest BCUT2D eigenvalue weighted by molar-refractivity contribution is -0.137. The van der Waals surface area contributed by atoms with Crippen LogP contribution in [0, 0.1) is 11.3 Å². The van der Waals surface area contributed by atoms with Gasteiger partial charge in [0.1, 0.15) is 17.3 Å². The molecule has 1 spiro atoms. The van der Waals surface area contributed by atoms with Crippen molar-refractivity contribution in [3.8, 4) is 6.07 Å². The number of benzene rings is 2. The van der Waals surface area contributed by atoms with E-state index >= 15 is 0 Å². The molecule has 2 aliphatic heterocycles. The van der Waals surface area contributed by atoms with Crippen LogP contribution in [-0.2, 0) is 21.2 Å². The van der Waals surface area contributed by atoms with Gasteiger partial charge in [-0.3, -0.25) is 14.5 Å². The van der Waals surface area contributed by atoms with E-state index in [1.54, 1.807) is 64.3 Å². The maximum absolute atomic E-state index is 14.6. The predicted molar refractivity (Wildman–Crippen MR) is 144 cm³/mol. The number of Topliss-reactive ketones (excluding diaryl/α,β-unsaturated/α-hetero) is 1. The van der Waals surface area contributed by atoms with Gasteiger partial charge in [0.15, 0.2) is 5.78 Å². The molecule has 6 nitrogen and oxygen atoms in total. The third kappa shape index (κ3) is 3.42. The molecule has 3 heterocycles. The van der Waals surface area contributed by atoms with Crippen molar-refractivity contribution >= 4 is 28.9 Å². The van der Waals surface area contributed by atoms with Gasteiger partial charge in [-0.1, -0.05) is 24.3 Å². The Bertz CT molecular complexity index is 1660. The van der Waals surface area contributed by atoms with Crippen molar-refractivity contribution in [2.75, 3.05) is 16.3 Å². The molecule has 0 fully saturated rings. The quantitative estimate of drug-likeness (QED) is 0.370. The average Bonchev–Trinajstić information content (AvgIpc) is 3.56. The summed E-state index contributed by atoms with van der Waals surface area (Å²) in [5, 5.41) is 10.8. The van der Waals surface area contributed by atoms with E-state index in [-0.39, 0.29) is 29.9 Å². The number of nitriles is 1. The lowest BCUT2D eigenvalue weighted by Crippen LogP contribution is -2.51. The topological polar surface area (TPSA) is 69.3 Å². The first-order chi connectivity index (χ1) is 19.2. The summed E-state index contributed by atoms with van der Waals surface area (Å²) in [6, 6.07) is 17.5. The lowest BCUT2D eigenvalue weighted by atomic mass is 9.63. The molecule has 1 aromatic heterocycles. The lowest BCUT2D eigenvalue weighted by Gasteiger charge is -2.45. The molecule has 0 radical (unpaired) electrons.